The lowest BCUT2D eigenvalue weighted by Gasteiger charge is -1.82. The molecule has 0 aromatic heterocycles. The van der Waals surface area contributed by atoms with E-state index in [0.717, 1.165) is 6.34 Å². The summed E-state index contributed by atoms with van der Waals surface area (Å²) in [6, 6.07) is 0. The molecule has 0 amide bonds. The van der Waals surface area contributed by atoms with Gasteiger partial charge >= 0.3 is 0 Å². The lowest BCUT2D eigenvalue weighted by Crippen LogP contribution is -2.19. The first-order valence-electron chi connectivity index (χ1n) is 1.34. The minimum atomic E-state index is 0.351. The van der Waals surface area contributed by atoms with E-state index in [-0.39, 0.29) is 0 Å². The highest BCUT2D eigenvalue weighted by molar-refractivity contribution is 5.49. The van der Waals surface area contributed by atoms with Crippen LogP contribution in [0.3, 0.4) is 0 Å². The molecule has 0 spiro atoms. The monoisotopic (exact) mass is 73.1 g/mol. The van der Waals surface area contributed by atoms with Crippen molar-refractivity contribution in [3.63, 3.8) is 0 Å². The van der Waals surface area contributed by atoms with Gasteiger partial charge in [0.05, 0.1) is 13.0 Å². The molecule has 0 saturated heterocycles. The van der Waals surface area contributed by atoms with E-state index in [1.165, 1.54) is 0 Å². The third-order valence-electron chi connectivity index (χ3n) is 0.220. The van der Waals surface area contributed by atoms with Crippen molar-refractivity contribution in [3.05, 3.63) is 0 Å². The fourth-order valence-electron chi connectivity index (χ4n) is 0.0589. The summed E-state index contributed by atoms with van der Waals surface area (Å²) < 4.78 is 0. The van der Waals surface area contributed by atoms with Gasteiger partial charge in [-0.15, -0.1) is 0 Å². The van der Waals surface area contributed by atoms with Gasteiger partial charge in [-0.05, 0) is 0 Å². The van der Waals surface area contributed by atoms with E-state index in [9.17, 15) is 0 Å². The number of hydrogen-bond donors (Lipinski definition) is 3. The Hall–Kier alpha value is -0.570. The predicted molar refractivity (Wildman–Crippen MR) is 21.0 cm³/mol. The molecule has 30 valence electrons. The van der Waals surface area contributed by atoms with E-state index in [1.807, 2.05) is 0 Å². The summed E-state index contributed by atoms with van der Waals surface area (Å²) in [6.45, 7) is 0.351. The quantitative estimate of drug-likeness (QED) is 0.225. The molecule has 0 unspecified atom stereocenters. The number of nitrogens with one attached hydrogen (secondary N) is 2. The molecule has 0 atom stereocenters. The molecule has 5 heavy (non-hydrogen) atoms. The molecule has 0 aliphatic rings. The highest BCUT2D eigenvalue weighted by atomic mass is 15.0. The first-order valence-corrected chi connectivity index (χ1v) is 1.34. The Labute approximate surface area is 30.7 Å². The maximum absolute atomic E-state index is 6.29. The van der Waals surface area contributed by atoms with Crippen molar-refractivity contribution < 1.29 is 0 Å². The molecule has 0 fully saturated rings. The Morgan fingerprint density at radius 1 is 2.00 bits per heavy atom. The highest BCUT2D eigenvalue weighted by Crippen LogP contribution is 1.23. The van der Waals surface area contributed by atoms with Crippen LogP contribution >= 0.6 is 0 Å². The van der Waals surface area contributed by atoms with E-state index < -0.39 is 0 Å². The van der Waals surface area contributed by atoms with E-state index >= 15 is 0 Å². The summed E-state index contributed by atoms with van der Waals surface area (Å²) in [5.41, 5.74) is 4.88. The molecular weight excluding hydrogens is 66.0 g/mol. The van der Waals surface area contributed by atoms with Crippen LogP contribution < -0.4 is 11.1 Å². The van der Waals surface area contributed by atoms with Gasteiger partial charge in [-0.25, -0.2) is 0 Å². The van der Waals surface area contributed by atoms with Crippen LogP contribution in [0.2, 0.25) is 0 Å². The van der Waals surface area contributed by atoms with Gasteiger partial charge in [-0.3, -0.25) is 5.41 Å². The van der Waals surface area contributed by atoms with Crippen LogP contribution in [0.25, 0.3) is 0 Å². The van der Waals surface area contributed by atoms with Gasteiger partial charge in [0, 0.05) is 0 Å². The van der Waals surface area contributed by atoms with Crippen molar-refractivity contribution in [1.29, 1.82) is 5.41 Å². The number of hydrogen-bond acceptors (Lipinski definition) is 2. The van der Waals surface area contributed by atoms with Gasteiger partial charge in [0.25, 0.3) is 0 Å². The Morgan fingerprint density at radius 3 is 2.60 bits per heavy atom. The van der Waals surface area contributed by atoms with Crippen LogP contribution in [0.4, 0.5) is 0 Å². The van der Waals surface area contributed by atoms with Crippen LogP contribution in [-0.2, 0) is 0 Å². The molecule has 0 aliphatic carbocycles. The summed E-state index contributed by atoms with van der Waals surface area (Å²) >= 11 is 0. The average Bonchev–Trinajstić information content (AvgIpc) is 1.41. The van der Waals surface area contributed by atoms with Crippen LogP contribution in [0.15, 0.2) is 0 Å². The van der Waals surface area contributed by atoms with Crippen LogP contribution in [-0.4, -0.2) is 13.0 Å². The molecular formula is C2H7N3. The van der Waals surface area contributed by atoms with Gasteiger partial charge < -0.3 is 11.1 Å². The van der Waals surface area contributed by atoms with Gasteiger partial charge in [0.1, 0.15) is 0 Å². The Bertz CT molecular complexity index is 26.1. The van der Waals surface area contributed by atoms with Crippen molar-refractivity contribution in [2.24, 2.45) is 5.73 Å². The summed E-state index contributed by atoms with van der Waals surface area (Å²) in [5.74, 6) is 0. The second-order valence-corrected chi connectivity index (χ2v) is 0.553. The van der Waals surface area contributed by atoms with E-state index in [1.54, 1.807) is 0 Å². The summed E-state index contributed by atoms with van der Waals surface area (Å²) in [4.78, 5) is 0. The molecule has 3 heteroatoms. The van der Waals surface area contributed by atoms with Gasteiger partial charge in [0.2, 0.25) is 0 Å². The molecule has 0 heterocycles. The maximum atomic E-state index is 6.29. The molecule has 3 nitrogen and oxygen atoms in total. The smallest absolute Gasteiger partial charge is 0.0801 e. The molecule has 0 rings (SSSR count). The predicted octanol–water partition coefficient (Wildman–Crippen LogP) is -0.901. The van der Waals surface area contributed by atoms with Crippen molar-refractivity contribution in [2.45, 2.75) is 0 Å². The third-order valence-corrected chi connectivity index (χ3v) is 0.220. The molecule has 0 aromatic carbocycles. The van der Waals surface area contributed by atoms with Gasteiger partial charge in [-0.2, -0.15) is 0 Å². The van der Waals surface area contributed by atoms with Crippen LogP contribution in [0.5, 0.6) is 0 Å². The Morgan fingerprint density at radius 2 is 2.60 bits per heavy atom. The zero-order chi connectivity index (χ0) is 4.12. The molecule has 0 saturated carbocycles. The normalized spacial score (nSPS) is 6.60. The second-order valence-electron chi connectivity index (χ2n) is 0.553. The number of rotatable bonds is 2. The third kappa shape index (κ3) is 3.43. The zero-order valence-electron chi connectivity index (χ0n) is 2.86. The summed E-state index contributed by atoms with van der Waals surface area (Å²) in [6.07, 6.45) is 1.06. The first-order chi connectivity index (χ1) is 2.41. The fraction of sp³-hybridized carbons (Fsp3) is 0.500. The van der Waals surface area contributed by atoms with Crippen molar-refractivity contribution in [1.82, 2.24) is 5.32 Å². The lowest BCUT2D eigenvalue weighted by atomic mass is 11.1. The topological polar surface area (TPSA) is 61.9 Å². The number of nitrogens with two attached hydrogens (primary N) is 1. The lowest BCUT2D eigenvalue weighted by molar-refractivity contribution is 0.940. The molecule has 0 bridgehead atoms. The summed E-state index contributed by atoms with van der Waals surface area (Å²) in [7, 11) is 0. The average molecular weight is 73.1 g/mol. The van der Waals surface area contributed by atoms with Gasteiger partial charge in [-0.1, -0.05) is 0 Å². The molecule has 0 aromatic rings. The van der Waals surface area contributed by atoms with Crippen molar-refractivity contribution in [2.75, 3.05) is 6.67 Å². The maximum Gasteiger partial charge on any atom is 0.0801 e. The van der Waals surface area contributed by atoms with Gasteiger partial charge in [0.15, 0.2) is 0 Å². The SMILES string of the molecule is N=CNCN. The molecule has 0 radical (unpaired) electrons. The van der Waals surface area contributed by atoms with Crippen molar-refractivity contribution in [3.8, 4) is 0 Å². The highest BCUT2D eigenvalue weighted by Gasteiger charge is 1.54. The Kier molecular flexibility index (Phi) is 3.04. The largest absolute Gasteiger partial charge is 0.364 e. The van der Waals surface area contributed by atoms with Crippen LogP contribution in [0, 0.1) is 5.41 Å². The van der Waals surface area contributed by atoms with Crippen LogP contribution in [0.1, 0.15) is 0 Å². The molecule has 0 aliphatic heterocycles. The standard InChI is InChI=1S/C2H7N3/c3-1-5-2-4/h1H,2,4H2,(H2,3,5). The fourth-order valence-corrected chi connectivity index (χ4v) is 0.0589. The minimum Gasteiger partial charge on any atom is -0.364 e. The second kappa shape index (κ2) is 3.43. The van der Waals surface area contributed by atoms with E-state index in [0.29, 0.717) is 6.67 Å². The first kappa shape index (κ1) is 4.43. The Balaban J connectivity index is 2.40. The minimum absolute atomic E-state index is 0.351. The zero-order valence-corrected chi connectivity index (χ0v) is 2.86. The summed E-state index contributed by atoms with van der Waals surface area (Å²) in [5, 5.41) is 8.72. The molecule has 4 N–H and O–H groups in total. The van der Waals surface area contributed by atoms with E-state index in [2.05, 4.69) is 5.32 Å². The van der Waals surface area contributed by atoms with E-state index in [4.69, 9.17) is 11.1 Å². The van der Waals surface area contributed by atoms with Crippen molar-refractivity contribution >= 4 is 6.34 Å².